The van der Waals surface area contributed by atoms with Gasteiger partial charge >= 0.3 is 0 Å². The summed E-state index contributed by atoms with van der Waals surface area (Å²) in [5.74, 6) is 0.396. The Labute approximate surface area is 271 Å². The van der Waals surface area contributed by atoms with Crippen molar-refractivity contribution in [3.05, 3.63) is 91.4 Å². The van der Waals surface area contributed by atoms with Crippen LogP contribution in [0.15, 0.2) is 54.6 Å². The molecule has 2 atom stereocenters. The van der Waals surface area contributed by atoms with Crippen molar-refractivity contribution in [2.24, 2.45) is 5.92 Å². The number of hydrogen-bond donors (Lipinski definition) is 2. The van der Waals surface area contributed by atoms with Gasteiger partial charge in [0.2, 0.25) is 5.91 Å². The average Bonchev–Trinajstić information content (AvgIpc) is 3.83. The Morgan fingerprint density at radius 3 is 2.33 bits per heavy atom. The molecule has 0 radical (unpaired) electrons. The van der Waals surface area contributed by atoms with E-state index in [9.17, 15) is 9.59 Å². The Kier molecular flexibility index (Phi) is 10.6. The van der Waals surface area contributed by atoms with E-state index >= 15 is 0 Å². The lowest BCUT2D eigenvalue weighted by Crippen LogP contribution is -2.55. The van der Waals surface area contributed by atoms with Crippen molar-refractivity contribution in [1.82, 2.24) is 15.5 Å². The molecule has 2 amide bonds. The van der Waals surface area contributed by atoms with Crippen LogP contribution in [0.5, 0.6) is 11.5 Å². The van der Waals surface area contributed by atoms with E-state index < -0.39 is 5.92 Å². The standard InChI is InChI=1S/C32H33Cl4N3O4/c1-19-15-26(34)30(27(35)16-19)43-14-13-42-23-9-5-20(6-10-23)31(40)38-28-11-12-37-17-24(28)32(41)39(22-7-8-22)18-21-3-2-4-25(33)29(21)36/h2-6,9-10,15-16,22,24,28,37H,7-8,11-14,17-18H2,1H3,(H,38,40). The van der Waals surface area contributed by atoms with Gasteiger partial charge in [0.15, 0.2) is 5.75 Å². The van der Waals surface area contributed by atoms with Crippen LogP contribution < -0.4 is 20.1 Å². The third-order valence-corrected chi connectivity index (χ3v) is 9.04. The summed E-state index contributed by atoms with van der Waals surface area (Å²) in [6, 6.07) is 15.8. The van der Waals surface area contributed by atoms with E-state index in [1.165, 1.54) is 0 Å². The van der Waals surface area contributed by atoms with Crippen LogP contribution in [0.2, 0.25) is 20.1 Å². The Balaban J connectivity index is 1.16. The molecule has 1 saturated carbocycles. The lowest BCUT2D eigenvalue weighted by molar-refractivity contribution is -0.138. The second-order valence-electron chi connectivity index (χ2n) is 10.9. The second-order valence-corrected chi connectivity index (χ2v) is 12.5. The molecular formula is C32H33Cl4N3O4. The molecule has 7 nitrogen and oxygen atoms in total. The number of hydrogen-bond acceptors (Lipinski definition) is 5. The highest BCUT2D eigenvalue weighted by molar-refractivity contribution is 6.42. The summed E-state index contributed by atoms with van der Waals surface area (Å²) in [7, 11) is 0. The number of nitrogens with one attached hydrogen (secondary N) is 2. The smallest absolute Gasteiger partial charge is 0.251 e. The molecule has 0 bridgehead atoms. The van der Waals surface area contributed by atoms with Gasteiger partial charge in [0, 0.05) is 30.7 Å². The summed E-state index contributed by atoms with van der Waals surface area (Å²) in [6.07, 6.45) is 2.55. The maximum absolute atomic E-state index is 13.8. The normalized spacial score (nSPS) is 18.2. The van der Waals surface area contributed by atoms with Crippen molar-refractivity contribution in [2.45, 2.75) is 44.8 Å². The molecule has 2 fully saturated rings. The first-order valence-corrected chi connectivity index (χ1v) is 15.8. The number of benzene rings is 3. The van der Waals surface area contributed by atoms with E-state index in [0.717, 1.165) is 24.0 Å². The van der Waals surface area contributed by atoms with Gasteiger partial charge in [0.1, 0.15) is 19.0 Å². The van der Waals surface area contributed by atoms with Gasteiger partial charge in [-0.1, -0.05) is 58.5 Å². The number of rotatable bonds is 11. The van der Waals surface area contributed by atoms with Gasteiger partial charge in [-0.05, 0) is 86.3 Å². The van der Waals surface area contributed by atoms with Gasteiger partial charge in [0.05, 0.1) is 26.0 Å². The molecule has 0 aromatic heterocycles. The summed E-state index contributed by atoms with van der Waals surface area (Å²) in [4.78, 5) is 28.9. The molecule has 43 heavy (non-hydrogen) atoms. The van der Waals surface area contributed by atoms with Crippen molar-refractivity contribution in [3.63, 3.8) is 0 Å². The SMILES string of the molecule is Cc1cc(Cl)c(OCCOc2ccc(C(=O)NC3CCNCC3C(=O)N(Cc3cccc(Cl)c3Cl)C3CC3)cc2)c(Cl)c1. The fourth-order valence-corrected chi connectivity index (χ4v) is 6.30. The summed E-state index contributed by atoms with van der Waals surface area (Å²) in [6.45, 7) is 4.01. The van der Waals surface area contributed by atoms with Crippen LogP contribution in [-0.4, -0.2) is 55.1 Å². The molecule has 2 unspecified atom stereocenters. The highest BCUT2D eigenvalue weighted by atomic mass is 35.5. The zero-order valence-electron chi connectivity index (χ0n) is 23.7. The minimum atomic E-state index is -0.394. The topological polar surface area (TPSA) is 79.9 Å². The summed E-state index contributed by atoms with van der Waals surface area (Å²) >= 11 is 25.1. The van der Waals surface area contributed by atoms with Crippen LogP contribution in [0.4, 0.5) is 0 Å². The number of carbonyl (C=O) groups excluding carboxylic acids is 2. The molecule has 5 rings (SSSR count). The molecule has 3 aromatic rings. The van der Waals surface area contributed by atoms with Crippen molar-refractivity contribution in [1.29, 1.82) is 0 Å². The van der Waals surface area contributed by atoms with Crippen molar-refractivity contribution >= 4 is 58.2 Å². The van der Waals surface area contributed by atoms with Gasteiger partial charge in [-0.25, -0.2) is 0 Å². The van der Waals surface area contributed by atoms with Crippen LogP contribution in [0.3, 0.4) is 0 Å². The van der Waals surface area contributed by atoms with E-state index in [2.05, 4.69) is 10.6 Å². The third kappa shape index (κ3) is 8.08. The zero-order chi connectivity index (χ0) is 30.5. The van der Waals surface area contributed by atoms with Crippen LogP contribution in [0.1, 0.15) is 40.7 Å². The number of amides is 2. The lowest BCUT2D eigenvalue weighted by atomic mass is 9.91. The van der Waals surface area contributed by atoms with Gasteiger partial charge in [-0.3, -0.25) is 9.59 Å². The van der Waals surface area contributed by atoms with Crippen LogP contribution >= 0.6 is 46.4 Å². The average molecular weight is 665 g/mol. The molecule has 1 heterocycles. The Bertz CT molecular complexity index is 1440. The minimum absolute atomic E-state index is 0.00946. The van der Waals surface area contributed by atoms with Gasteiger partial charge in [0.25, 0.3) is 5.91 Å². The summed E-state index contributed by atoms with van der Waals surface area (Å²) < 4.78 is 11.5. The number of halogens is 4. The summed E-state index contributed by atoms with van der Waals surface area (Å²) in [5.41, 5.74) is 2.25. The Morgan fingerprint density at radius 2 is 1.63 bits per heavy atom. The monoisotopic (exact) mass is 663 g/mol. The van der Waals surface area contributed by atoms with Crippen molar-refractivity contribution < 1.29 is 19.1 Å². The largest absolute Gasteiger partial charge is 0.490 e. The Hall–Kier alpha value is -2.68. The van der Waals surface area contributed by atoms with E-state index in [4.69, 9.17) is 55.9 Å². The quantitative estimate of drug-likeness (QED) is 0.217. The van der Waals surface area contributed by atoms with E-state index in [1.54, 1.807) is 42.5 Å². The highest BCUT2D eigenvalue weighted by Gasteiger charge is 2.40. The first-order valence-electron chi connectivity index (χ1n) is 14.3. The Morgan fingerprint density at radius 1 is 0.930 bits per heavy atom. The highest BCUT2D eigenvalue weighted by Crippen LogP contribution is 2.35. The molecular weight excluding hydrogens is 632 g/mol. The van der Waals surface area contributed by atoms with E-state index in [0.29, 0.717) is 63.2 Å². The van der Waals surface area contributed by atoms with Crippen LogP contribution in [-0.2, 0) is 11.3 Å². The molecule has 0 spiro atoms. The predicted octanol–water partition coefficient (Wildman–Crippen LogP) is 6.97. The van der Waals surface area contributed by atoms with Gasteiger partial charge in [-0.15, -0.1) is 0 Å². The van der Waals surface area contributed by atoms with Gasteiger partial charge in [-0.2, -0.15) is 0 Å². The second kappa shape index (κ2) is 14.4. The molecule has 228 valence electrons. The fraction of sp³-hybridized carbons (Fsp3) is 0.375. The molecule has 11 heteroatoms. The summed E-state index contributed by atoms with van der Waals surface area (Å²) in [5, 5.41) is 8.26. The van der Waals surface area contributed by atoms with Gasteiger partial charge < -0.3 is 25.0 Å². The first kappa shape index (κ1) is 31.7. The molecule has 1 aliphatic carbocycles. The number of nitrogens with zero attached hydrogens (tertiary/aromatic N) is 1. The van der Waals surface area contributed by atoms with E-state index in [1.807, 2.05) is 24.0 Å². The molecule has 1 saturated heterocycles. The van der Waals surface area contributed by atoms with Crippen molar-refractivity contribution in [3.8, 4) is 11.5 Å². The predicted molar refractivity (Wildman–Crippen MR) is 171 cm³/mol. The van der Waals surface area contributed by atoms with Crippen molar-refractivity contribution in [2.75, 3.05) is 26.3 Å². The van der Waals surface area contributed by atoms with E-state index in [-0.39, 0.29) is 37.1 Å². The lowest BCUT2D eigenvalue weighted by Gasteiger charge is -2.36. The molecule has 1 aliphatic heterocycles. The molecule has 3 aromatic carbocycles. The number of piperidine rings is 1. The zero-order valence-corrected chi connectivity index (χ0v) is 26.7. The van der Waals surface area contributed by atoms with Crippen LogP contribution in [0, 0.1) is 12.8 Å². The number of ether oxygens (including phenoxy) is 2. The number of aryl methyl sites for hydroxylation is 1. The first-order chi connectivity index (χ1) is 20.7. The minimum Gasteiger partial charge on any atom is -0.490 e. The van der Waals surface area contributed by atoms with Crippen LogP contribution in [0.25, 0.3) is 0 Å². The maximum atomic E-state index is 13.8. The third-order valence-electron chi connectivity index (χ3n) is 7.62. The maximum Gasteiger partial charge on any atom is 0.251 e. The molecule has 2 N–H and O–H groups in total. The molecule has 2 aliphatic rings. The number of carbonyl (C=O) groups is 2. The fourth-order valence-electron chi connectivity index (χ4n) is 5.21.